The van der Waals surface area contributed by atoms with Crippen molar-refractivity contribution in [3.63, 3.8) is 0 Å². The number of amides is 6. The fourth-order valence-corrected chi connectivity index (χ4v) is 2.76. The van der Waals surface area contributed by atoms with E-state index < -0.39 is 29.4 Å². The molecule has 1 saturated heterocycles. The molecule has 2 rings (SSSR count). The van der Waals surface area contributed by atoms with E-state index in [9.17, 15) is 19.2 Å². The van der Waals surface area contributed by atoms with Crippen LogP contribution >= 0.6 is 0 Å². The van der Waals surface area contributed by atoms with Gasteiger partial charge in [-0.25, -0.2) is 9.59 Å². The second-order valence-corrected chi connectivity index (χ2v) is 6.67. The lowest BCUT2D eigenvalue weighted by Gasteiger charge is -2.22. The average Bonchev–Trinajstić information content (AvgIpc) is 2.83. The number of nitrogens with one attached hydrogen (secondary N) is 3. The Bertz CT molecular complexity index is 729. The van der Waals surface area contributed by atoms with Crippen molar-refractivity contribution < 1.29 is 19.2 Å². The molecule has 26 heavy (non-hydrogen) atoms. The van der Waals surface area contributed by atoms with Crippen LogP contribution < -0.4 is 16.0 Å². The summed E-state index contributed by atoms with van der Waals surface area (Å²) in [5, 5.41) is 7.05. The molecule has 0 bridgehead atoms. The maximum atomic E-state index is 12.8. The number of rotatable bonds is 5. The molecule has 8 heteroatoms. The molecule has 8 nitrogen and oxygen atoms in total. The van der Waals surface area contributed by atoms with Crippen molar-refractivity contribution in [2.45, 2.75) is 38.6 Å². The molecule has 6 amide bonds. The van der Waals surface area contributed by atoms with Gasteiger partial charge in [0.05, 0.1) is 0 Å². The first-order valence-electron chi connectivity index (χ1n) is 8.45. The SMILES string of the molecule is CNC(=O)NC(=O)CCN1C(=O)N[C@@](C)(c2ccc(C(C)C)cc2)C1=O. The number of benzene rings is 1. The van der Waals surface area contributed by atoms with Gasteiger partial charge < -0.3 is 10.6 Å². The van der Waals surface area contributed by atoms with Gasteiger partial charge in [-0.3, -0.25) is 19.8 Å². The lowest BCUT2D eigenvalue weighted by atomic mass is 9.90. The molecule has 0 radical (unpaired) electrons. The summed E-state index contributed by atoms with van der Waals surface area (Å²) in [7, 11) is 1.38. The highest BCUT2D eigenvalue weighted by Gasteiger charge is 2.48. The highest BCUT2D eigenvalue weighted by Crippen LogP contribution is 2.30. The molecular weight excluding hydrogens is 336 g/mol. The van der Waals surface area contributed by atoms with E-state index in [1.807, 2.05) is 24.3 Å². The maximum absolute atomic E-state index is 12.8. The summed E-state index contributed by atoms with van der Waals surface area (Å²) < 4.78 is 0. The number of hydrogen-bond acceptors (Lipinski definition) is 4. The summed E-state index contributed by atoms with van der Waals surface area (Å²) in [6.07, 6.45) is -0.158. The van der Waals surface area contributed by atoms with Crippen LogP contribution in [0.5, 0.6) is 0 Å². The van der Waals surface area contributed by atoms with Crippen molar-refractivity contribution in [3.05, 3.63) is 35.4 Å². The summed E-state index contributed by atoms with van der Waals surface area (Å²) in [5.41, 5.74) is 0.638. The van der Waals surface area contributed by atoms with Gasteiger partial charge in [-0.15, -0.1) is 0 Å². The Morgan fingerprint density at radius 1 is 1.19 bits per heavy atom. The number of carbonyl (C=O) groups is 4. The summed E-state index contributed by atoms with van der Waals surface area (Å²) in [4.78, 5) is 48.8. The number of imide groups is 2. The van der Waals surface area contributed by atoms with Crippen LogP contribution in [0.25, 0.3) is 0 Å². The first kappa shape index (κ1) is 19.4. The lowest BCUT2D eigenvalue weighted by molar-refractivity contribution is -0.131. The van der Waals surface area contributed by atoms with Crippen LogP contribution in [0.15, 0.2) is 24.3 Å². The van der Waals surface area contributed by atoms with Gasteiger partial charge in [-0.1, -0.05) is 38.1 Å². The zero-order valence-corrected chi connectivity index (χ0v) is 15.4. The van der Waals surface area contributed by atoms with E-state index in [2.05, 4.69) is 29.8 Å². The van der Waals surface area contributed by atoms with E-state index in [1.54, 1.807) is 6.92 Å². The minimum Gasteiger partial charge on any atom is -0.341 e. The zero-order valence-electron chi connectivity index (χ0n) is 15.4. The third-order valence-corrected chi connectivity index (χ3v) is 4.47. The molecule has 1 atom stereocenters. The molecule has 0 aromatic heterocycles. The molecule has 0 saturated carbocycles. The van der Waals surface area contributed by atoms with Crippen LogP contribution in [0.4, 0.5) is 9.59 Å². The molecule has 1 aromatic carbocycles. The second kappa shape index (κ2) is 7.55. The average molecular weight is 360 g/mol. The van der Waals surface area contributed by atoms with Crippen molar-refractivity contribution in [3.8, 4) is 0 Å². The molecule has 1 aliphatic heterocycles. The van der Waals surface area contributed by atoms with Gasteiger partial charge in [0.1, 0.15) is 5.54 Å². The quantitative estimate of drug-likeness (QED) is 0.690. The van der Waals surface area contributed by atoms with Gasteiger partial charge in [0.25, 0.3) is 5.91 Å². The van der Waals surface area contributed by atoms with E-state index in [4.69, 9.17) is 0 Å². The standard InChI is InChI=1S/C18H24N4O4/c1-11(2)12-5-7-13(8-6-12)18(3)15(24)22(17(26)21-18)10-9-14(23)20-16(25)19-4/h5-8,11H,9-10H2,1-4H3,(H,21,26)(H2,19,20,23,25)/t18-/m0/s1. The number of nitrogens with zero attached hydrogens (tertiary/aromatic N) is 1. The normalized spacial score (nSPS) is 19.5. The van der Waals surface area contributed by atoms with Crippen molar-refractivity contribution in [2.75, 3.05) is 13.6 Å². The van der Waals surface area contributed by atoms with Crippen LogP contribution in [-0.4, -0.2) is 42.4 Å². The summed E-state index contributed by atoms with van der Waals surface area (Å²) in [5.74, 6) is -0.631. The van der Waals surface area contributed by atoms with Gasteiger partial charge in [-0.2, -0.15) is 0 Å². The number of hydrogen-bond donors (Lipinski definition) is 3. The van der Waals surface area contributed by atoms with Crippen molar-refractivity contribution in [1.29, 1.82) is 0 Å². The predicted molar refractivity (Wildman–Crippen MR) is 95.3 cm³/mol. The Morgan fingerprint density at radius 2 is 1.81 bits per heavy atom. The van der Waals surface area contributed by atoms with E-state index >= 15 is 0 Å². The molecule has 1 aliphatic rings. The molecule has 0 spiro atoms. The molecule has 1 aromatic rings. The lowest BCUT2D eigenvalue weighted by Crippen LogP contribution is -2.42. The van der Waals surface area contributed by atoms with Gasteiger partial charge in [-0.05, 0) is 24.0 Å². The van der Waals surface area contributed by atoms with Gasteiger partial charge in [0, 0.05) is 20.0 Å². The molecule has 1 heterocycles. The first-order valence-corrected chi connectivity index (χ1v) is 8.45. The van der Waals surface area contributed by atoms with E-state index in [-0.39, 0.29) is 13.0 Å². The predicted octanol–water partition coefficient (Wildman–Crippen LogP) is 1.42. The van der Waals surface area contributed by atoms with Crippen LogP contribution in [0.1, 0.15) is 44.2 Å². The van der Waals surface area contributed by atoms with Crippen LogP contribution in [0.3, 0.4) is 0 Å². The molecule has 3 N–H and O–H groups in total. The molecular formula is C18H24N4O4. The fourth-order valence-electron chi connectivity index (χ4n) is 2.76. The fraction of sp³-hybridized carbons (Fsp3) is 0.444. The minimum atomic E-state index is -1.18. The Labute approximate surface area is 152 Å². The molecule has 0 unspecified atom stereocenters. The van der Waals surface area contributed by atoms with Crippen LogP contribution in [0.2, 0.25) is 0 Å². The van der Waals surface area contributed by atoms with Crippen LogP contribution in [0, 0.1) is 0 Å². The largest absolute Gasteiger partial charge is 0.341 e. The number of urea groups is 2. The smallest absolute Gasteiger partial charge is 0.325 e. The molecule has 140 valence electrons. The Balaban J connectivity index is 2.09. The van der Waals surface area contributed by atoms with Gasteiger partial charge >= 0.3 is 12.1 Å². The Hall–Kier alpha value is -2.90. The second-order valence-electron chi connectivity index (χ2n) is 6.67. The molecule has 0 aliphatic carbocycles. The third-order valence-electron chi connectivity index (χ3n) is 4.47. The highest BCUT2D eigenvalue weighted by molar-refractivity contribution is 6.07. The summed E-state index contributed by atoms with van der Waals surface area (Å²) >= 11 is 0. The zero-order chi connectivity index (χ0) is 19.5. The van der Waals surface area contributed by atoms with Crippen molar-refractivity contribution in [2.24, 2.45) is 0 Å². The third kappa shape index (κ3) is 3.84. The topological polar surface area (TPSA) is 108 Å². The van der Waals surface area contributed by atoms with E-state index in [1.165, 1.54) is 7.05 Å². The minimum absolute atomic E-state index is 0.104. The first-order chi connectivity index (χ1) is 12.2. The monoisotopic (exact) mass is 360 g/mol. The summed E-state index contributed by atoms with van der Waals surface area (Å²) in [6, 6.07) is 6.33. The Kier molecular flexibility index (Phi) is 5.64. The summed E-state index contributed by atoms with van der Waals surface area (Å²) in [6.45, 7) is 5.69. The van der Waals surface area contributed by atoms with E-state index in [0.29, 0.717) is 11.5 Å². The van der Waals surface area contributed by atoms with Crippen molar-refractivity contribution in [1.82, 2.24) is 20.9 Å². The number of carbonyl (C=O) groups excluding carboxylic acids is 4. The van der Waals surface area contributed by atoms with E-state index in [0.717, 1.165) is 10.5 Å². The maximum Gasteiger partial charge on any atom is 0.325 e. The van der Waals surface area contributed by atoms with Crippen LogP contribution in [-0.2, 0) is 15.1 Å². The molecule has 1 fully saturated rings. The Morgan fingerprint density at radius 3 is 2.35 bits per heavy atom. The van der Waals surface area contributed by atoms with Gasteiger partial charge in [0.15, 0.2) is 0 Å². The highest BCUT2D eigenvalue weighted by atomic mass is 16.2. The van der Waals surface area contributed by atoms with Gasteiger partial charge in [0.2, 0.25) is 5.91 Å². The van der Waals surface area contributed by atoms with Crippen molar-refractivity contribution >= 4 is 23.9 Å².